The summed E-state index contributed by atoms with van der Waals surface area (Å²) < 4.78 is 74.7. The molecule has 1 aliphatic carbocycles. The fourth-order valence-corrected chi connectivity index (χ4v) is 7.18. The normalized spacial score (nSPS) is 15.0. The van der Waals surface area contributed by atoms with Gasteiger partial charge in [-0.15, -0.1) is 0 Å². The minimum Gasteiger partial charge on any atom is -0.508 e. The van der Waals surface area contributed by atoms with Crippen molar-refractivity contribution in [1.82, 2.24) is 5.32 Å². The first-order valence-electron chi connectivity index (χ1n) is 15.2. The molecule has 0 saturated heterocycles. The summed E-state index contributed by atoms with van der Waals surface area (Å²) >= 11 is 0. The average molecular weight is 612 g/mol. The maximum absolute atomic E-state index is 13.6. The molecular weight excluding hydrogens is 566 g/mol. The van der Waals surface area contributed by atoms with Crippen LogP contribution in [0.1, 0.15) is 101 Å². The van der Waals surface area contributed by atoms with E-state index in [0.717, 1.165) is 69.0 Å². The van der Waals surface area contributed by atoms with Crippen LogP contribution in [0.4, 0.5) is 17.6 Å². The first-order valence-corrected chi connectivity index (χ1v) is 17.1. The molecule has 4 nitrogen and oxygen atoms in total. The molecule has 0 heterocycles. The Balaban J connectivity index is 1.40. The first kappa shape index (κ1) is 34.1. The molecule has 0 radical (unpaired) electrons. The van der Waals surface area contributed by atoms with Crippen LogP contribution in [0.2, 0.25) is 0 Å². The molecule has 1 unspecified atom stereocenters. The van der Waals surface area contributed by atoms with Crippen LogP contribution in [0, 0.1) is 5.82 Å². The number of fused-ring (bicyclic) bond motifs is 1. The second kappa shape index (κ2) is 16.5. The summed E-state index contributed by atoms with van der Waals surface area (Å²) in [6.07, 6.45) is 3.72. The van der Waals surface area contributed by atoms with E-state index < -0.39 is 22.4 Å². The van der Waals surface area contributed by atoms with E-state index in [-0.39, 0.29) is 48.4 Å². The Morgan fingerprint density at radius 3 is 2.36 bits per heavy atom. The highest BCUT2D eigenvalue weighted by Gasteiger charge is 2.26. The molecule has 1 aliphatic rings. The summed E-state index contributed by atoms with van der Waals surface area (Å²) in [5.41, 5.74) is 5.92. The minimum atomic E-state index is -4.18. The number of hydrogen-bond acceptors (Lipinski definition) is 4. The molecule has 2 aromatic rings. The van der Waals surface area contributed by atoms with Gasteiger partial charge in [-0.1, -0.05) is 37.5 Å². The molecule has 2 aromatic carbocycles. The summed E-state index contributed by atoms with van der Waals surface area (Å²) in [4.78, 5) is 0. The number of aryl methyl sites for hydroxylation is 1. The Bertz CT molecular complexity index is 1260. The molecule has 2 N–H and O–H groups in total. The van der Waals surface area contributed by atoms with Crippen LogP contribution < -0.4 is 5.32 Å². The van der Waals surface area contributed by atoms with Crippen molar-refractivity contribution < 1.29 is 31.1 Å². The van der Waals surface area contributed by atoms with E-state index in [0.29, 0.717) is 6.42 Å². The fraction of sp³-hybridized carbons (Fsp3) is 0.576. The van der Waals surface area contributed by atoms with E-state index in [1.807, 2.05) is 31.2 Å². The Morgan fingerprint density at radius 1 is 0.905 bits per heavy atom. The van der Waals surface area contributed by atoms with Crippen LogP contribution in [0.5, 0.6) is 5.75 Å². The number of nitrogens with one attached hydrogen (secondary N) is 1. The second-order valence-corrected chi connectivity index (χ2v) is 13.8. The Kier molecular flexibility index (Phi) is 13.4. The Hall–Kier alpha value is -2.39. The van der Waals surface area contributed by atoms with Crippen LogP contribution in [-0.2, 0) is 16.3 Å². The number of sulfone groups is 1. The van der Waals surface area contributed by atoms with Crippen LogP contribution in [0.15, 0.2) is 42.5 Å². The number of phenols is 1. The molecule has 0 spiro atoms. The van der Waals surface area contributed by atoms with Gasteiger partial charge in [0.15, 0.2) is 0 Å². The molecule has 0 bridgehead atoms. The number of phenolic OH excluding ortho intramolecular Hbond substituents is 1. The predicted octanol–water partition coefficient (Wildman–Crippen LogP) is 8.63. The van der Waals surface area contributed by atoms with E-state index in [9.17, 15) is 31.1 Å². The standard InChI is InChI=1S/C33H45F4NO3S/c1-25(19-23-42(40,41)22-8-4-6-20-33(35,36)37)38-21-7-3-2-5-11-32-30(26-13-15-28(34)16-14-26)12-9-10-27-24-29(39)17-18-31(27)32/h13-18,24-25,38-39H,2-12,19-23H2,1H3. The monoisotopic (exact) mass is 611 g/mol. The highest BCUT2D eigenvalue weighted by atomic mass is 32.2. The summed E-state index contributed by atoms with van der Waals surface area (Å²) in [5.74, 6) is 0.0217. The highest BCUT2D eigenvalue weighted by Crippen LogP contribution is 2.39. The third-order valence-corrected chi connectivity index (χ3v) is 9.74. The molecule has 0 aromatic heterocycles. The highest BCUT2D eigenvalue weighted by molar-refractivity contribution is 7.91. The third kappa shape index (κ3) is 12.1. The van der Waals surface area contributed by atoms with Crippen LogP contribution in [0.3, 0.4) is 0 Å². The van der Waals surface area contributed by atoms with Gasteiger partial charge in [0.05, 0.1) is 11.5 Å². The van der Waals surface area contributed by atoms with Crippen LogP contribution in [-0.4, -0.2) is 43.8 Å². The summed E-state index contributed by atoms with van der Waals surface area (Å²) in [6.45, 7) is 2.76. The van der Waals surface area contributed by atoms with Crippen molar-refractivity contribution >= 4 is 21.0 Å². The zero-order chi connectivity index (χ0) is 30.6. The number of alkyl halides is 3. The van der Waals surface area contributed by atoms with E-state index in [1.54, 1.807) is 6.07 Å². The summed E-state index contributed by atoms with van der Waals surface area (Å²) in [5, 5.41) is 13.4. The Morgan fingerprint density at radius 2 is 1.62 bits per heavy atom. The lowest BCUT2D eigenvalue weighted by molar-refractivity contribution is -0.135. The number of unbranched alkanes of at least 4 members (excludes halogenated alkanes) is 5. The number of benzene rings is 2. The lowest BCUT2D eigenvalue weighted by Gasteiger charge is -2.17. The van der Waals surface area contributed by atoms with E-state index >= 15 is 0 Å². The topological polar surface area (TPSA) is 66.4 Å². The number of halogens is 4. The fourth-order valence-electron chi connectivity index (χ4n) is 5.62. The van der Waals surface area contributed by atoms with E-state index in [4.69, 9.17) is 0 Å². The van der Waals surface area contributed by atoms with Gasteiger partial charge in [-0.25, -0.2) is 12.8 Å². The number of rotatable bonds is 17. The second-order valence-electron chi connectivity index (χ2n) is 11.5. The molecular formula is C33H45F4NO3S. The molecule has 1 atom stereocenters. The zero-order valence-corrected chi connectivity index (χ0v) is 25.4. The van der Waals surface area contributed by atoms with Crippen molar-refractivity contribution in [3.63, 3.8) is 0 Å². The smallest absolute Gasteiger partial charge is 0.389 e. The van der Waals surface area contributed by atoms with Gasteiger partial charge in [0.2, 0.25) is 0 Å². The van der Waals surface area contributed by atoms with E-state index in [1.165, 1.54) is 28.8 Å². The van der Waals surface area contributed by atoms with Gasteiger partial charge >= 0.3 is 6.18 Å². The van der Waals surface area contributed by atoms with Gasteiger partial charge in [0.25, 0.3) is 0 Å². The molecule has 42 heavy (non-hydrogen) atoms. The third-order valence-electron chi connectivity index (χ3n) is 7.97. The van der Waals surface area contributed by atoms with Gasteiger partial charge in [-0.05, 0) is 123 Å². The van der Waals surface area contributed by atoms with Crippen molar-refractivity contribution in [3.8, 4) is 5.75 Å². The minimum absolute atomic E-state index is 0.0260. The molecule has 0 amide bonds. The van der Waals surface area contributed by atoms with Gasteiger partial charge < -0.3 is 10.4 Å². The van der Waals surface area contributed by atoms with Crippen molar-refractivity contribution in [2.45, 2.75) is 103 Å². The van der Waals surface area contributed by atoms with Crippen molar-refractivity contribution in [2.24, 2.45) is 0 Å². The SMILES string of the molecule is CC(CCS(=O)(=O)CCCCCC(F)(F)F)NCCCCCCC1=C(c2ccc(F)cc2)CCCc2cc(O)ccc21. The first-order chi connectivity index (χ1) is 19.9. The van der Waals surface area contributed by atoms with Gasteiger partial charge in [-0.2, -0.15) is 13.2 Å². The maximum Gasteiger partial charge on any atom is 0.389 e. The summed E-state index contributed by atoms with van der Waals surface area (Å²) in [7, 11) is -3.26. The maximum atomic E-state index is 13.6. The lowest BCUT2D eigenvalue weighted by atomic mass is 9.89. The van der Waals surface area contributed by atoms with Gasteiger partial charge in [0.1, 0.15) is 21.4 Å². The lowest BCUT2D eigenvalue weighted by Crippen LogP contribution is -2.29. The molecule has 0 aliphatic heterocycles. The van der Waals surface area contributed by atoms with Crippen LogP contribution in [0.25, 0.3) is 11.1 Å². The molecule has 3 rings (SSSR count). The number of allylic oxidation sites excluding steroid dienone is 2. The van der Waals surface area contributed by atoms with Crippen LogP contribution >= 0.6 is 0 Å². The molecule has 9 heteroatoms. The number of aromatic hydroxyl groups is 1. The van der Waals surface area contributed by atoms with Crippen molar-refractivity contribution in [1.29, 1.82) is 0 Å². The molecule has 0 saturated carbocycles. The van der Waals surface area contributed by atoms with E-state index in [2.05, 4.69) is 5.32 Å². The number of hydrogen-bond donors (Lipinski definition) is 2. The van der Waals surface area contributed by atoms with Gasteiger partial charge in [0, 0.05) is 12.5 Å². The zero-order valence-electron chi connectivity index (χ0n) is 24.6. The molecule has 234 valence electrons. The quantitative estimate of drug-likeness (QED) is 0.139. The Labute approximate surface area is 248 Å². The predicted molar refractivity (Wildman–Crippen MR) is 163 cm³/mol. The van der Waals surface area contributed by atoms with Gasteiger partial charge in [-0.3, -0.25) is 0 Å². The van der Waals surface area contributed by atoms with Crippen molar-refractivity contribution in [3.05, 3.63) is 65.0 Å². The molecule has 0 fully saturated rings. The van der Waals surface area contributed by atoms with Crippen molar-refractivity contribution in [2.75, 3.05) is 18.1 Å². The summed E-state index contributed by atoms with van der Waals surface area (Å²) in [6, 6.07) is 12.4. The average Bonchev–Trinajstić information content (AvgIpc) is 3.10. The largest absolute Gasteiger partial charge is 0.508 e.